The number of fused-ring (bicyclic) bond motifs is 5. The zero-order chi connectivity index (χ0) is 9.00. The Morgan fingerprint density at radius 3 is 2.08 bits per heavy atom. The second kappa shape index (κ2) is 2.79. The van der Waals surface area contributed by atoms with Crippen molar-refractivity contribution < 1.29 is 0 Å². The first-order valence-electron chi connectivity index (χ1n) is 5.54. The summed E-state index contributed by atoms with van der Waals surface area (Å²) in [7, 11) is 0. The average molecular weight is 194 g/mol. The topological polar surface area (TPSA) is 0 Å². The first-order valence-corrected chi connectivity index (χ1v) is 6.69. The van der Waals surface area contributed by atoms with Crippen LogP contribution >= 0.6 is 11.8 Å². The molecule has 2 aliphatic carbocycles. The molecule has 2 bridgehead atoms. The molecule has 72 valence electrons. The molecule has 13 heavy (non-hydrogen) atoms. The van der Waals surface area contributed by atoms with Crippen LogP contribution in [0.5, 0.6) is 0 Å². The minimum absolute atomic E-state index is 1.01. The molecular formula is C12H18S. The molecule has 0 aromatic rings. The fourth-order valence-corrected chi connectivity index (χ4v) is 5.63. The van der Waals surface area contributed by atoms with Gasteiger partial charge in [0.2, 0.25) is 0 Å². The molecule has 0 aromatic carbocycles. The minimum Gasteiger partial charge on any atom is -0.161 e. The summed E-state index contributed by atoms with van der Waals surface area (Å²) >= 11 is 2.20. The highest BCUT2D eigenvalue weighted by molar-refractivity contribution is 7.99. The van der Waals surface area contributed by atoms with E-state index in [9.17, 15) is 0 Å². The van der Waals surface area contributed by atoms with Crippen molar-refractivity contribution in [3.8, 4) is 0 Å². The van der Waals surface area contributed by atoms with Crippen LogP contribution in [0.3, 0.4) is 0 Å². The third-order valence-corrected chi connectivity index (χ3v) is 5.61. The van der Waals surface area contributed by atoms with Crippen LogP contribution < -0.4 is 0 Å². The Kier molecular flexibility index (Phi) is 1.80. The molecule has 0 nitrogen and oxygen atoms in total. The van der Waals surface area contributed by atoms with E-state index in [-0.39, 0.29) is 0 Å². The Morgan fingerprint density at radius 2 is 1.62 bits per heavy atom. The highest BCUT2D eigenvalue weighted by Crippen LogP contribution is 2.60. The molecule has 1 heteroatoms. The van der Waals surface area contributed by atoms with E-state index in [0.717, 1.165) is 23.7 Å². The van der Waals surface area contributed by atoms with Crippen LogP contribution in [-0.4, -0.2) is 11.5 Å². The maximum atomic E-state index is 2.33. The molecule has 0 amide bonds. The third-order valence-electron chi connectivity index (χ3n) is 4.37. The molecule has 3 aliphatic rings. The summed E-state index contributed by atoms with van der Waals surface area (Å²) in [6, 6.07) is 0. The lowest BCUT2D eigenvalue weighted by Crippen LogP contribution is -2.19. The van der Waals surface area contributed by atoms with Gasteiger partial charge < -0.3 is 0 Å². The molecule has 0 unspecified atom stereocenters. The molecule has 2 saturated carbocycles. The van der Waals surface area contributed by atoms with Gasteiger partial charge in [-0.2, -0.15) is 11.8 Å². The highest BCUT2D eigenvalue weighted by Gasteiger charge is 2.52. The van der Waals surface area contributed by atoms with Gasteiger partial charge in [0.15, 0.2) is 0 Å². The monoisotopic (exact) mass is 194 g/mol. The summed E-state index contributed by atoms with van der Waals surface area (Å²) < 4.78 is 0. The van der Waals surface area contributed by atoms with Crippen LogP contribution in [-0.2, 0) is 0 Å². The van der Waals surface area contributed by atoms with Gasteiger partial charge in [0.1, 0.15) is 0 Å². The molecule has 1 aliphatic heterocycles. The molecule has 4 atom stereocenters. The fraction of sp³-hybridized carbons (Fsp3) is 0.833. The quantitative estimate of drug-likeness (QED) is 0.533. The highest BCUT2D eigenvalue weighted by atomic mass is 32.2. The summed E-state index contributed by atoms with van der Waals surface area (Å²) in [5.41, 5.74) is 3.53. The maximum Gasteiger partial charge on any atom is -0.00301 e. The smallest absolute Gasteiger partial charge is 0.00301 e. The Morgan fingerprint density at radius 1 is 1.08 bits per heavy atom. The van der Waals surface area contributed by atoms with Gasteiger partial charge in [-0.05, 0) is 61.9 Å². The van der Waals surface area contributed by atoms with Crippen LogP contribution in [0.2, 0.25) is 0 Å². The first-order chi connectivity index (χ1) is 6.29. The molecule has 0 spiro atoms. The maximum absolute atomic E-state index is 2.33. The fourth-order valence-electron chi connectivity index (χ4n) is 3.99. The first kappa shape index (κ1) is 8.40. The lowest BCUT2D eigenvalue weighted by molar-refractivity contribution is 0.281. The number of rotatable bonds is 0. The zero-order valence-electron chi connectivity index (χ0n) is 8.55. The molecule has 1 heterocycles. The average Bonchev–Trinajstić information content (AvgIpc) is 2.75. The summed E-state index contributed by atoms with van der Waals surface area (Å²) in [4.78, 5) is 0. The van der Waals surface area contributed by atoms with Crippen molar-refractivity contribution in [3.05, 3.63) is 11.1 Å². The van der Waals surface area contributed by atoms with Gasteiger partial charge in [0, 0.05) is 0 Å². The van der Waals surface area contributed by atoms with E-state index in [1.807, 2.05) is 5.57 Å². The predicted octanol–water partition coefficient (Wildman–Crippen LogP) is 3.34. The van der Waals surface area contributed by atoms with E-state index in [0.29, 0.717) is 0 Å². The lowest BCUT2D eigenvalue weighted by Gasteiger charge is -2.22. The second-order valence-electron chi connectivity index (χ2n) is 5.11. The summed E-state index contributed by atoms with van der Waals surface area (Å²) in [6.07, 6.45) is 3.01. The van der Waals surface area contributed by atoms with Gasteiger partial charge in [0.25, 0.3) is 0 Å². The Bertz CT molecular complexity index is 242. The van der Waals surface area contributed by atoms with Crippen LogP contribution in [0.4, 0.5) is 0 Å². The van der Waals surface area contributed by atoms with Crippen LogP contribution in [0.1, 0.15) is 26.7 Å². The molecule has 0 radical (unpaired) electrons. The van der Waals surface area contributed by atoms with Crippen molar-refractivity contribution in [1.29, 1.82) is 0 Å². The van der Waals surface area contributed by atoms with Crippen LogP contribution in [0.25, 0.3) is 0 Å². The lowest BCUT2D eigenvalue weighted by atomic mass is 9.82. The largest absolute Gasteiger partial charge is 0.161 e. The molecule has 3 rings (SSSR count). The Labute approximate surface area is 85.2 Å². The summed E-state index contributed by atoms with van der Waals surface area (Å²) in [6.45, 7) is 4.66. The van der Waals surface area contributed by atoms with E-state index >= 15 is 0 Å². The van der Waals surface area contributed by atoms with E-state index in [2.05, 4.69) is 25.6 Å². The van der Waals surface area contributed by atoms with Crippen molar-refractivity contribution in [2.45, 2.75) is 26.7 Å². The van der Waals surface area contributed by atoms with E-state index in [1.54, 1.807) is 5.57 Å². The predicted molar refractivity (Wildman–Crippen MR) is 58.9 cm³/mol. The summed E-state index contributed by atoms with van der Waals surface area (Å²) in [5, 5.41) is 0. The van der Waals surface area contributed by atoms with E-state index in [4.69, 9.17) is 0 Å². The Balaban J connectivity index is 2.01. The van der Waals surface area contributed by atoms with Gasteiger partial charge in [0.05, 0.1) is 0 Å². The Hall–Kier alpha value is 0.0900. The van der Waals surface area contributed by atoms with Crippen molar-refractivity contribution >= 4 is 11.8 Å². The van der Waals surface area contributed by atoms with E-state index < -0.39 is 0 Å². The molecule has 3 fully saturated rings. The molecule has 0 N–H and O–H groups in total. The van der Waals surface area contributed by atoms with Gasteiger partial charge in [-0.3, -0.25) is 0 Å². The standard InChI is InChI=1S/C12H18S/c1-7(2)12-8-3-4-9(12)11-6-13-5-10(8)11/h8-11H,3-6H2,1-2H3/t8-,9-,10-,11-/m1/s1. The third kappa shape index (κ3) is 1.000. The summed E-state index contributed by atoms with van der Waals surface area (Å²) in [5.74, 6) is 7.10. The van der Waals surface area contributed by atoms with Gasteiger partial charge >= 0.3 is 0 Å². The van der Waals surface area contributed by atoms with Crippen LogP contribution in [0, 0.1) is 23.7 Å². The second-order valence-corrected chi connectivity index (χ2v) is 6.19. The zero-order valence-corrected chi connectivity index (χ0v) is 9.36. The van der Waals surface area contributed by atoms with Crippen LogP contribution in [0.15, 0.2) is 11.1 Å². The normalized spacial score (nSPS) is 47.1. The van der Waals surface area contributed by atoms with Crippen molar-refractivity contribution in [1.82, 2.24) is 0 Å². The molecule has 1 saturated heterocycles. The number of hydrogen-bond donors (Lipinski definition) is 0. The van der Waals surface area contributed by atoms with Crippen molar-refractivity contribution in [2.24, 2.45) is 23.7 Å². The SMILES string of the molecule is CC(C)=C1[C@@H]2CC[C@@H]1[C@H]1CSC[C@@H]12. The molecular weight excluding hydrogens is 176 g/mol. The van der Waals surface area contributed by atoms with Gasteiger partial charge in [-0.25, -0.2) is 0 Å². The van der Waals surface area contributed by atoms with Gasteiger partial charge in [-0.1, -0.05) is 11.1 Å². The number of allylic oxidation sites excluding steroid dienone is 2. The van der Waals surface area contributed by atoms with Gasteiger partial charge in [-0.15, -0.1) is 0 Å². The van der Waals surface area contributed by atoms with Crippen molar-refractivity contribution in [2.75, 3.05) is 11.5 Å². The number of hydrogen-bond acceptors (Lipinski definition) is 1. The van der Waals surface area contributed by atoms with E-state index in [1.165, 1.54) is 24.3 Å². The van der Waals surface area contributed by atoms with Crippen molar-refractivity contribution in [3.63, 3.8) is 0 Å². The minimum atomic E-state index is 1.01. The molecule has 0 aromatic heterocycles. The number of thioether (sulfide) groups is 1.